The van der Waals surface area contributed by atoms with Gasteiger partial charge >= 0.3 is 0 Å². The number of hydrogen-bond donors (Lipinski definition) is 2. The minimum Gasteiger partial charge on any atom is -0.382 e. The third-order valence-corrected chi connectivity index (χ3v) is 5.91. The van der Waals surface area contributed by atoms with Crippen LogP contribution >= 0.6 is 0 Å². The van der Waals surface area contributed by atoms with Crippen LogP contribution in [0.2, 0.25) is 0 Å². The first kappa shape index (κ1) is 23.8. The van der Waals surface area contributed by atoms with Gasteiger partial charge in [-0.05, 0) is 39.7 Å². The Balaban J connectivity index is 0.000000416. The number of amides is 1. The summed E-state index contributed by atoms with van der Waals surface area (Å²) in [7, 11) is 1.77. The van der Waals surface area contributed by atoms with Crippen molar-refractivity contribution in [3.05, 3.63) is 29.7 Å². The molecule has 2 aromatic rings. The van der Waals surface area contributed by atoms with E-state index in [1.165, 1.54) is 24.0 Å². The van der Waals surface area contributed by atoms with Gasteiger partial charge in [0.2, 0.25) is 12.2 Å². The summed E-state index contributed by atoms with van der Waals surface area (Å²) in [6.45, 7) is 6.80. The van der Waals surface area contributed by atoms with E-state index in [1.54, 1.807) is 19.2 Å². The van der Waals surface area contributed by atoms with E-state index in [-0.39, 0.29) is 24.8 Å². The van der Waals surface area contributed by atoms with Crippen molar-refractivity contribution in [2.24, 2.45) is 0 Å². The van der Waals surface area contributed by atoms with Gasteiger partial charge in [0.25, 0.3) is 5.89 Å². The highest BCUT2D eigenvalue weighted by Gasteiger charge is 2.41. The predicted molar refractivity (Wildman–Crippen MR) is 121 cm³/mol. The molecule has 1 saturated heterocycles. The second kappa shape index (κ2) is 9.77. The average Bonchev–Trinajstić information content (AvgIpc) is 3.32. The Labute approximate surface area is 188 Å². The smallest absolute Gasteiger partial charge is 0.264 e. The van der Waals surface area contributed by atoms with Crippen molar-refractivity contribution in [2.75, 3.05) is 25.5 Å². The van der Waals surface area contributed by atoms with E-state index in [0.717, 1.165) is 17.7 Å². The quantitative estimate of drug-likeness (QED) is 0.490. The van der Waals surface area contributed by atoms with Crippen molar-refractivity contribution in [2.45, 2.75) is 63.8 Å². The minimum atomic E-state index is -1.71. The Hall–Kier alpha value is -2.81. The predicted octanol–water partition coefficient (Wildman–Crippen LogP) is 4.16. The van der Waals surface area contributed by atoms with E-state index in [0.29, 0.717) is 30.1 Å². The van der Waals surface area contributed by atoms with Gasteiger partial charge in [0.1, 0.15) is 0 Å². The molecule has 0 unspecified atom stereocenters. The molecule has 2 N–H and O–H groups in total. The Bertz CT molecular complexity index is 933. The topological polar surface area (TPSA) is 104 Å². The van der Waals surface area contributed by atoms with Crippen LogP contribution in [0.1, 0.15) is 57.9 Å². The lowest BCUT2D eigenvalue weighted by molar-refractivity contribution is -0.121. The van der Waals surface area contributed by atoms with E-state index >= 15 is 4.39 Å². The average molecular weight is 446 g/mol. The molecule has 32 heavy (non-hydrogen) atoms. The molecule has 174 valence electrons. The van der Waals surface area contributed by atoms with Gasteiger partial charge in [-0.3, -0.25) is 4.79 Å². The maximum absolute atomic E-state index is 15.1. The molecule has 0 bridgehead atoms. The van der Waals surface area contributed by atoms with Gasteiger partial charge in [0, 0.05) is 62.1 Å². The molecule has 1 amide bonds. The van der Waals surface area contributed by atoms with Crippen LogP contribution in [0.25, 0.3) is 11.4 Å². The van der Waals surface area contributed by atoms with Crippen LogP contribution < -0.4 is 5.32 Å². The third kappa shape index (κ3) is 5.70. The summed E-state index contributed by atoms with van der Waals surface area (Å²) >= 11 is 0. The highest BCUT2D eigenvalue weighted by atomic mass is 19.1. The van der Waals surface area contributed by atoms with E-state index in [2.05, 4.69) is 22.4 Å². The Morgan fingerprint density at radius 3 is 2.47 bits per heavy atom. The molecule has 1 aromatic heterocycles. The molecule has 8 nitrogen and oxygen atoms in total. The standard InChI is InChI=1S/C18H22FN5O2.C5H10O/c1-12(2)21-15-9-13(3-4-14(15)10-20)16-22-17(26-23-16)18(19)5-7-24(11-25)8-6-18;1-5(6-2)3-4-5/h3-4,9-12,20-21H,5-8H2,1-2H3;3-4H2,1-2H3. The van der Waals surface area contributed by atoms with Crippen molar-refractivity contribution in [1.29, 1.82) is 5.41 Å². The summed E-state index contributed by atoms with van der Waals surface area (Å²) in [6.07, 6.45) is 4.79. The summed E-state index contributed by atoms with van der Waals surface area (Å²) in [4.78, 5) is 16.6. The number of halogens is 1. The number of benzene rings is 1. The first-order valence-corrected chi connectivity index (χ1v) is 10.9. The van der Waals surface area contributed by atoms with E-state index in [4.69, 9.17) is 14.7 Å². The summed E-state index contributed by atoms with van der Waals surface area (Å²) in [5.41, 5.74) is 0.795. The fourth-order valence-electron chi connectivity index (χ4n) is 3.36. The van der Waals surface area contributed by atoms with Crippen molar-refractivity contribution in [3.63, 3.8) is 0 Å². The second-order valence-electron chi connectivity index (χ2n) is 8.93. The number of rotatable bonds is 7. The zero-order valence-electron chi connectivity index (χ0n) is 19.2. The van der Waals surface area contributed by atoms with E-state index in [1.807, 2.05) is 19.9 Å². The Morgan fingerprint density at radius 2 is 1.97 bits per heavy atom. The molecule has 2 fully saturated rings. The molecule has 1 aromatic carbocycles. The zero-order valence-corrected chi connectivity index (χ0v) is 19.2. The van der Waals surface area contributed by atoms with Gasteiger partial charge in [-0.1, -0.05) is 17.3 Å². The molecule has 1 saturated carbocycles. The van der Waals surface area contributed by atoms with E-state index < -0.39 is 5.67 Å². The van der Waals surface area contributed by atoms with E-state index in [9.17, 15) is 4.79 Å². The monoisotopic (exact) mass is 445 g/mol. The number of anilines is 1. The number of hydrogen-bond acceptors (Lipinski definition) is 7. The largest absolute Gasteiger partial charge is 0.382 e. The maximum atomic E-state index is 15.1. The Kier molecular flexibility index (Phi) is 7.28. The minimum absolute atomic E-state index is 0.0486. The number of aromatic nitrogens is 2. The van der Waals surface area contributed by atoms with Crippen molar-refractivity contribution < 1.29 is 18.4 Å². The van der Waals surface area contributed by atoms with Gasteiger partial charge in [0.05, 0.1) is 5.60 Å². The van der Waals surface area contributed by atoms with Crippen LogP contribution in [0.5, 0.6) is 0 Å². The number of piperidine rings is 1. The number of alkyl halides is 1. The fourth-order valence-corrected chi connectivity index (χ4v) is 3.36. The maximum Gasteiger partial charge on any atom is 0.264 e. The lowest BCUT2D eigenvalue weighted by Gasteiger charge is -2.31. The normalized spacial score (nSPS) is 18.5. The molecular formula is C23H32FN5O3. The first-order valence-electron chi connectivity index (χ1n) is 10.9. The molecule has 2 aliphatic rings. The summed E-state index contributed by atoms with van der Waals surface area (Å²) in [5, 5.41) is 14.7. The number of ether oxygens (including phenoxy) is 1. The van der Waals surface area contributed by atoms with Crippen molar-refractivity contribution in [3.8, 4) is 11.4 Å². The van der Waals surface area contributed by atoms with Crippen LogP contribution in [-0.4, -0.2) is 59.5 Å². The number of nitrogens with one attached hydrogen (secondary N) is 2. The van der Waals surface area contributed by atoms with Crippen LogP contribution in [-0.2, 0) is 15.2 Å². The Morgan fingerprint density at radius 1 is 1.28 bits per heavy atom. The number of carbonyl (C=O) groups is 1. The van der Waals surface area contributed by atoms with Crippen LogP contribution in [0.4, 0.5) is 10.1 Å². The summed E-state index contributed by atoms with van der Waals surface area (Å²) in [5.74, 6) is 0.255. The van der Waals surface area contributed by atoms with Crippen molar-refractivity contribution >= 4 is 18.3 Å². The molecule has 1 aliphatic carbocycles. The zero-order chi connectivity index (χ0) is 23.4. The fraction of sp³-hybridized carbons (Fsp3) is 0.565. The van der Waals surface area contributed by atoms with Crippen LogP contribution in [0.15, 0.2) is 22.7 Å². The molecule has 1 aliphatic heterocycles. The molecular weight excluding hydrogens is 413 g/mol. The van der Waals surface area contributed by atoms with Crippen LogP contribution in [0, 0.1) is 5.41 Å². The van der Waals surface area contributed by atoms with Crippen molar-refractivity contribution in [1.82, 2.24) is 15.0 Å². The van der Waals surface area contributed by atoms with Gasteiger partial charge in [-0.15, -0.1) is 0 Å². The molecule has 0 atom stereocenters. The van der Waals surface area contributed by atoms with Gasteiger partial charge < -0.3 is 24.9 Å². The lowest BCUT2D eigenvalue weighted by atomic mass is 9.93. The lowest BCUT2D eigenvalue weighted by Crippen LogP contribution is -2.39. The molecule has 9 heteroatoms. The molecule has 2 heterocycles. The molecule has 4 rings (SSSR count). The number of carbonyl (C=O) groups excluding carboxylic acids is 1. The first-order chi connectivity index (χ1) is 15.2. The third-order valence-electron chi connectivity index (χ3n) is 5.91. The molecule has 0 radical (unpaired) electrons. The number of likely N-dealkylation sites (tertiary alicyclic amines) is 1. The number of methoxy groups -OCH3 is 1. The van der Waals surface area contributed by atoms with Gasteiger partial charge in [-0.2, -0.15) is 4.98 Å². The highest BCUT2D eigenvalue weighted by molar-refractivity contribution is 5.87. The molecule has 0 spiro atoms. The van der Waals surface area contributed by atoms with Gasteiger partial charge in [0.15, 0.2) is 5.67 Å². The number of nitrogens with zero attached hydrogens (tertiary/aromatic N) is 3. The summed E-state index contributed by atoms with van der Waals surface area (Å²) < 4.78 is 25.4. The van der Waals surface area contributed by atoms with Crippen LogP contribution in [0.3, 0.4) is 0 Å². The second-order valence-corrected chi connectivity index (χ2v) is 8.93. The highest BCUT2D eigenvalue weighted by Crippen LogP contribution is 2.38. The van der Waals surface area contributed by atoms with Gasteiger partial charge in [-0.25, -0.2) is 4.39 Å². The summed E-state index contributed by atoms with van der Waals surface area (Å²) in [6, 6.07) is 5.59. The SMILES string of the molecule is CC(C)Nc1cc(-c2noc(C3(F)CCN(C=O)CC3)n2)ccc1C=N.COC1(C)CC1.